The van der Waals surface area contributed by atoms with E-state index in [1.807, 2.05) is 0 Å². The van der Waals surface area contributed by atoms with Gasteiger partial charge < -0.3 is 5.32 Å². The van der Waals surface area contributed by atoms with E-state index in [4.69, 9.17) is 11.6 Å². The van der Waals surface area contributed by atoms with E-state index in [-0.39, 0.29) is 0 Å². The summed E-state index contributed by atoms with van der Waals surface area (Å²) in [6, 6.07) is 6.92. The van der Waals surface area contributed by atoms with Crippen molar-refractivity contribution >= 4 is 17.3 Å². The Labute approximate surface area is 135 Å². The second kappa shape index (κ2) is 9.35. The van der Waals surface area contributed by atoms with Crippen LogP contribution in [0.5, 0.6) is 0 Å². The predicted octanol–water partition coefficient (Wildman–Crippen LogP) is 6.73. The topological polar surface area (TPSA) is 12.0 Å². The first-order valence-corrected chi connectivity index (χ1v) is 9.16. The molecule has 0 amide bonds. The van der Waals surface area contributed by atoms with Crippen molar-refractivity contribution in [2.24, 2.45) is 0 Å². The number of aryl methyl sites for hydroxylation is 1. The lowest BCUT2D eigenvalue weighted by Gasteiger charge is -2.21. The monoisotopic (exact) mass is 307 g/mol. The summed E-state index contributed by atoms with van der Waals surface area (Å²) >= 11 is 6.37. The molecule has 0 heterocycles. The van der Waals surface area contributed by atoms with Crippen molar-refractivity contribution < 1.29 is 0 Å². The largest absolute Gasteiger partial charge is 0.381 e. The van der Waals surface area contributed by atoms with Crippen LogP contribution in [0.15, 0.2) is 18.2 Å². The first-order valence-electron chi connectivity index (χ1n) is 8.78. The van der Waals surface area contributed by atoms with E-state index in [0.29, 0.717) is 6.04 Å². The van der Waals surface area contributed by atoms with Crippen LogP contribution in [0.2, 0.25) is 5.02 Å². The molecule has 2 rings (SSSR count). The van der Waals surface area contributed by atoms with E-state index >= 15 is 0 Å². The van der Waals surface area contributed by atoms with Crippen LogP contribution in [-0.2, 0) is 0 Å². The van der Waals surface area contributed by atoms with Crippen molar-refractivity contribution in [1.82, 2.24) is 0 Å². The Morgan fingerprint density at radius 1 is 0.857 bits per heavy atom. The van der Waals surface area contributed by atoms with Crippen molar-refractivity contribution in [3.8, 4) is 0 Å². The van der Waals surface area contributed by atoms with Gasteiger partial charge in [-0.15, -0.1) is 0 Å². The summed E-state index contributed by atoms with van der Waals surface area (Å²) in [6.45, 7) is 2.09. The molecule has 1 saturated carbocycles. The van der Waals surface area contributed by atoms with Crippen LogP contribution < -0.4 is 5.32 Å². The summed E-state index contributed by atoms with van der Waals surface area (Å²) in [6.07, 6.45) is 15.2. The molecule has 0 saturated heterocycles. The molecule has 1 nitrogen and oxygen atoms in total. The summed E-state index contributed by atoms with van der Waals surface area (Å²) in [5.74, 6) is 0. The summed E-state index contributed by atoms with van der Waals surface area (Å²) in [7, 11) is 0. The SMILES string of the molecule is Cc1ccc(NC2CCCCCCCCCCC2)c(Cl)c1. The lowest BCUT2D eigenvalue weighted by Crippen LogP contribution is -2.20. The molecule has 1 aliphatic carbocycles. The van der Waals surface area contributed by atoms with Gasteiger partial charge in [0.05, 0.1) is 10.7 Å². The second-order valence-electron chi connectivity index (χ2n) is 6.58. The summed E-state index contributed by atoms with van der Waals surface area (Å²) in [5, 5.41) is 4.56. The first-order chi connectivity index (χ1) is 10.3. The van der Waals surface area contributed by atoms with Crippen molar-refractivity contribution in [2.75, 3.05) is 5.32 Å². The summed E-state index contributed by atoms with van der Waals surface area (Å²) in [5.41, 5.74) is 2.34. The van der Waals surface area contributed by atoms with Gasteiger partial charge in [-0.2, -0.15) is 0 Å². The van der Waals surface area contributed by atoms with Crippen LogP contribution in [0.1, 0.15) is 76.2 Å². The number of anilines is 1. The van der Waals surface area contributed by atoms with Gasteiger partial charge in [-0.3, -0.25) is 0 Å². The number of hydrogen-bond acceptors (Lipinski definition) is 1. The Morgan fingerprint density at radius 2 is 1.38 bits per heavy atom. The van der Waals surface area contributed by atoms with Gasteiger partial charge in [0.25, 0.3) is 0 Å². The van der Waals surface area contributed by atoms with Crippen LogP contribution in [0.25, 0.3) is 0 Å². The zero-order chi connectivity index (χ0) is 14.9. The third-order valence-corrected chi connectivity index (χ3v) is 4.90. The van der Waals surface area contributed by atoms with Gasteiger partial charge in [0.1, 0.15) is 0 Å². The number of halogens is 1. The predicted molar refractivity (Wildman–Crippen MR) is 94.4 cm³/mol. The molecule has 1 aromatic rings. The maximum absolute atomic E-state index is 6.37. The van der Waals surface area contributed by atoms with Gasteiger partial charge in [0, 0.05) is 6.04 Å². The van der Waals surface area contributed by atoms with Crippen LogP contribution in [0.4, 0.5) is 5.69 Å². The van der Waals surface area contributed by atoms with E-state index in [0.717, 1.165) is 10.7 Å². The Kier molecular flexibility index (Phi) is 7.43. The van der Waals surface area contributed by atoms with E-state index in [1.54, 1.807) is 0 Å². The van der Waals surface area contributed by atoms with Crippen LogP contribution in [-0.4, -0.2) is 6.04 Å². The highest BCUT2D eigenvalue weighted by Gasteiger charge is 2.11. The van der Waals surface area contributed by atoms with E-state index in [2.05, 4.69) is 30.4 Å². The van der Waals surface area contributed by atoms with Crippen LogP contribution in [0, 0.1) is 6.92 Å². The number of benzene rings is 1. The van der Waals surface area contributed by atoms with E-state index in [9.17, 15) is 0 Å². The molecule has 0 atom stereocenters. The maximum Gasteiger partial charge on any atom is 0.0640 e. The smallest absolute Gasteiger partial charge is 0.0640 e. The van der Waals surface area contributed by atoms with Crippen molar-refractivity contribution in [3.63, 3.8) is 0 Å². The average molecular weight is 308 g/mol. The molecule has 118 valence electrons. The third-order valence-electron chi connectivity index (χ3n) is 4.59. The van der Waals surface area contributed by atoms with Crippen molar-refractivity contribution in [2.45, 2.75) is 83.6 Å². The number of hydrogen-bond donors (Lipinski definition) is 1. The molecule has 0 bridgehead atoms. The van der Waals surface area contributed by atoms with Gasteiger partial charge in [0.15, 0.2) is 0 Å². The third kappa shape index (κ3) is 6.30. The van der Waals surface area contributed by atoms with Crippen LogP contribution >= 0.6 is 11.6 Å². The van der Waals surface area contributed by atoms with Crippen LogP contribution in [0.3, 0.4) is 0 Å². The lowest BCUT2D eigenvalue weighted by atomic mass is 9.97. The van der Waals surface area contributed by atoms with E-state index in [1.165, 1.54) is 76.2 Å². The lowest BCUT2D eigenvalue weighted by molar-refractivity contribution is 0.480. The fourth-order valence-electron chi connectivity index (χ4n) is 3.26. The van der Waals surface area contributed by atoms with Gasteiger partial charge >= 0.3 is 0 Å². The normalized spacial score (nSPS) is 19.5. The van der Waals surface area contributed by atoms with E-state index < -0.39 is 0 Å². The molecule has 1 aliphatic rings. The quantitative estimate of drug-likeness (QED) is 0.638. The molecular weight excluding hydrogens is 278 g/mol. The highest BCUT2D eigenvalue weighted by molar-refractivity contribution is 6.33. The van der Waals surface area contributed by atoms with Gasteiger partial charge in [-0.05, 0) is 37.5 Å². The second-order valence-corrected chi connectivity index (χ2v) is 6.99. The fourth-order valence-corrected chi connectivity index (χ4v) is 3.55. The Morgan fingerprint density at radius 3 is 1.90 bits per heavy atom. The highest BCUT2D eigenvalue weighted by Crippen LogP contribution is 2.26. The molecule has 0 aromatic heterocycles. The molecule has 0 spiro atoms. The van der Waals surface area contributed by atoms with Gasteiger partial charge in [0.2, 0.25) is 0 Å². The van der Waals surface area contributed by atoms with Gasteiger partial charge in [-0.1, -0.05) is 75.5 Å². The molecule has 0 radical (unpaired) electrons. The molecule has 21 heavy (non-hydrogen) atoms. The minimum atomic E-state index is 0.588. The first kappa shape index (κ1) is 16.7. The maximum atomic E-state index is 6.37. The Bertz CT molecular complexity index is 404. The van der Waals surface area contributed by atoms with Crippen molar-refractivity contribution in [3.05, 3.63) is 28.8 Å². The summed E-state index contributed by atoms with van der Waals surface area (Å²) in [4.78, 5) is 0. The Hall–Kier alpha value is -0.690. The molecule has 0 aliphatic heterocycles. The summed E-state index contributed by atoms with van der Waals surface area (Å²) < 4.78 is 0. The molecule has 2 heteroatoms. The van der Waals surface area contributed by atoms with Gasteiger partial charge in [-0.25, -0.2) is 0 Å². The average Bonchev–Trinajstić information content (AvgIpc) is 2.44. The van der Waals surface area contributed by atoms with Crippen molar-refractivity contribution in [1.29, 1.82) is 0 Å². The zero-order valence-corrected chi connectivity index (χ0v) is 14.2. The number of rotatable bonds is 2. The zero-order valence-electron chi connectivity index (χ0n) is 13.5. The fraction of sp³-hybridized carbons (Fsp3) is 0.684. The molecule has 1 fully saturated rings. The molecular formula is C19H30ClN. The molecule has 1 aromatic carbocycles. The molecule has 0 unspecified atom stereocenters. The highest BCUT2D eigenvalue weighted by atomic mass is 35.5. The Balaban J connectivity index is 1.90. The standard InChI is InChI=1S/C19H30ClN/c1-16-13-14-19(18(20)15-16)21-17-11-9-7-5-3-2-4-6-8-10-12-17/h13-15,17,21H,2-12H2,1H3. The molecule has 1 N–H and O–H groups in total. The minimum Gasteiger partial charge on any atom is -0.381 e. The number of nitrogens with one attached hydrogen (secondary N) is 1. The minimum absolute atomic E-state index is 0.588.